The summed E-state index contributed by atoms with van der Waals surface area (Å²) in [5.41, 5.74) is 7.95. The van der Waals surface area contributed by atoms with Gasteiger partial charge in [0.05, 0.1) is 0 Å². The first-order valence-corrected chi connectivity index (χ1v) is 6.98. The van der Waals surface area contributed by atoms with Gasteiger partial charge in [0.2, 0.25) is 5.82 Å². The van der Waals surface area contributed by atoms with Crippen molar-refractivity contribution in [3.63, 3.8) is 0 Å². The van der Waals surface area contributed by atoms with Crippen LogP contribution in [0.15, 0.2) is 36.4 Å². The van der Waals surface area contributed by atoms with E-state index in [-0.39, 0.29) is 11.8 Å². The molecule has 0 spiro atoms. The fourth-order valence-corrected chi connectivity index (χ4v) is 2.08. The maximum absolute atomic E-state index is 13.7. The van der Waals surface area contributed by atoms with Gasteiger partial charge in [-0.25, -0.2) is 4.39 Å². The Labute approximate surface area is 123 Å². The Balaban J connectivity index is 2.33. The van der Waals surface area contributed by atoms with Crippen LogP contribution >= 0.6 is 0 Å². The molecule has 2 nitrogen and oxygen atoms in total. The minimum absolute atomic E-state index is 0.00602. The molecule has 21 heavy (non-hydrogen) atoms. The van der Waals surface area contributed by atoms with Gasteiger partial charge in [-0.3, -0.25) is 0 Å². The molecule has 0 bridgehead atoms. The number of halogens is 2. The van der Waals surface area contributed by atoms with Crippen LogP contribution in [-0.2, 0) is 6.42 Å². The second-order valence-electron chi connectivity index (χ2n) is 5.14. The van der Waals surface area contributed by atoms with Crippen LogP contribution in [-0.4, -0.2) is 6.04 Å². The Morgan fingerprint density at radius 3 is 2.62 bits per heavy atom. The molecule has 0 aliphatic rings. The lowest BCUT2D eigenvalue weighted by Crippen LogP contribution is -2.21. The van der Waals surface area contributed by atoms with E-state index in [4.69, 9.17) is 10.5 Å². The average Bonchev–Trinajstić information content (AvgIpc) is 2.46. The fourth-order valence-electron chi connectivity index (χ4n) is 2.08. The van der Waals surface area contributed by atoms with Gasteiger partial charge in [0.15, 0.2) is 11.6 Å². The van der Waals surface area contributed by atoms with Crippen molar-refractivity contribution in [1.82, 2.24) is 0 Å². The molecule has 112 valence electrons. The highest BCUT2D eigenvalue weighted by Crippen LogP contribution is 2.30. The number of nitrogens with two attached hydrogens (primary N) is 1. The van der Waals surface area contributed by atoms with Crippen LogP contribution in [0.2, 0.25) is 0 Å². The molecule has 2 aromatic rings. The Morgan fingerprint density at radius 2 is 1.90 bits per heavy atom. The van der Waals surface area contributed by atoms with Crippen molar-refractivity contribution in [2.45, 2.75) is 32.7 Å². The summed E-state index contributed by atoms with van der Waals surface area (Å²) in [6.45, 7) is 3.97. The van der Waals surface area contributed by atoms with Gasteiger partial charge < -0.3 is 10.5 Å². The largest absolute Gasteiger partial charge is 0.454 e. The summed E-state index contributed by atoms with van der Waals surface area (Å²) >= 11 is 0. The summed E-state index contributed by atoms with van der Waals surface area (Å²) in [6, 6.07) is 9.48. The molecule has 4 heteroatoms. The average molecular weight is 291 g/mol. The minimum atomic E-state index is -0.983. The predicted octanol–water partition coefficient (Wildman–Crippen LogP) is 4.35. The summed E-state index contributed by atoms with van der Waals surface area (Å²) in [5.74, 6) is -1.52. The normalized spacial score (nSPS) is 12.2. The first-order chi connectivity index (χ1) is 10.0. The highest BCUT2D eigenvalue weighted by molar-refractivity contribution is 5.41. The predicted molar refractivity (Wildman–Crippen MR) is 79.6 cm³/mol. The standard InChI is InChI=1S/C17H19F2NO/c1-3-13(20)10-12-9-11(2)7-8-15(12)21-16-6-4-5-14(18)17(16)19/h4-9,13H,3,10,20H2,1-2H3. The molecule has 0 aliphatic heterocycles. The molecular weight excluding hydrogens is 272 g/mol. The Kier molecular flexibility index (Phi) is 4.91. The highest BCUT2D eigenvalue weighted by Gasteiger charge is 2.13. The molecule has 0 heterocycles. The van der Waals surface area contributed by atoms with Crippen LogP contribution in [0.5, 0.6) is 11.5 Å². The molecule has 2 N–H and O–H groups in total. The van der Waals surface area contributed by atoms with E-state index in [0.717, 1.165) is 23.6 Å². The zero-order valence-corrected chi connectivity index (χ0v) is 12.2. The van der Waals surface area contributed by atoms with E-state index >= 15 is 0 Å². The van der Waals surface area contributed by atoms with Crippen LogP contribution < -0.4 is 10.5 Å². The minimum Gasteiger partial charge on any atom is -0.454 e. The monoisotopic (exact) mass is 291 g/mol. The van der Waals surface area contributed by atoms with Crippen molar-refractivity contribution in [3.8, 4) is 11.5 Å². The number of hydrogen-bond acceptors (Lipinski definition) is 2. The smallest absolute Gasteiger partial charge is 0.201 e. The van der Waals surface area contributed by atoms with Crippen molar-refractivity contribution >= 4 is 0 Å². The molecule has 2 rings (SSSR count). The molecule has 0 fully saturated rings. The van der Waals surface area contributed by atoms with Crippen molar-refractivity contribution in [1.29, 1.82) is 0 Å². The van der Waals surface area contributed by atoms with Gasteiger partial charge in [-0.05, 0) is 43.5 Å². The Hall–Kier alpha value is -1.94. The first kappa shape index (κ1) is 15.4. The zero-order chi connectivity index (χ0) is 15.4. The summed E-state index contributed by atoms with van der Waals surface area (Å²) in [7, 11) is 0. The lowest BCUT2D eigenvalue weighted by atomic mass is 10.0. The third-order valence-corrected chi connectivity index (χ3v) is 3.36. The van der Waals surface area contributed by atoms with E-state index in [1.807, 2.05) is 26.0 Å². The lowest BCUT2D eigenvalue weighted by Gasteiger charge is -2.15. The second kappa shape index (κ2) is 6.68. The van der Waals surface area contributed by atoms with Crippen molar-refractivity contribution in [2.24, 2.45) is 5.73 Å². The number of ether oxygens (including phenoxy) is 1. The molecule has 0 saturated carbocycles. The van der Waals surface area contributed by atoms with Gasteiger partial charge in [-0.15, -0.1) is 0 Å². The van der Waals surface area contributed by atoms with Gasteiger partial charge in [-0.2, -0.15) is 4.39 Å². The summed E-state index contributed by atoms with van der Waals surface area (Å²) in [6.07, 6.45) is 1.46. The summed E-state index contributed by atoms with van der Waals surface area (Å²) in [5, 5.41) is 0. The van der Waals surface area contributed by atoms with E-state index < -0.39 is 11.6 Å². The quantitative estimate of drug-likeness (QED) is 0.889. The van der Waals surface area contributed by atoms with E-state index in [1.165, 1.54) is 12.1 Å². The van der Waals surface area contributed by atoms with E-state index in [2.05, 4.69) is 0 Å². The fraction of sp³-hybridized carbons (Fsp3) is 0.294. The number of hydrogen-bond donors (Lipinski definition) is 1. The maximum atomic E-state index is 13.7. The first-order valence-electron chi connectivity index (χ1n) is 6.98. The molecule has 0 aromatic heterocycles. The number of benzene rings is 2. The van der Waals surface area contributed by atoms with E-state index in [0.29, 0.717) is 12.2 Å². The van der Waals surface area contributed by atoms with Gasteiger partial charge >= 0.3 is 0 Å². The molecule has 0 aliphatic carbocycles. The highest BCUT2D eigenvalue weighted by atomic mass is 19.2. The van der Waals surface area contributed by atoms with Gasteiger partial charge in [0.25, 0.3) is 0 Å². The van der Waals surface area contributed by atoms with Crippen LogP contribution in [0.3, 0.4) is 0 Å². The van der Waals surface area contributed by atoms with Crippen LogP contribution in [0.1, 0.15) is 24.5 Å². The molecule has 1 unspecified atom stereocenters. The molecule has 0 saturated heterocycles. The van der Waals surface area contributed by atoms with Gasteiger partial charge in [-0.1, -0.05) is 30.7 Å². The second-order valence-corrected chi connectivity index (χ2v) is 5.14. The summed E-state index contributed by atoms with van der Waals surface area (Å²) in [4.78, 5) is 0. The van der Waals surface area contributed by atoms with Crippen LogP contribution in [0, 0.1) is 18.6 Å². The molecule has 0 amide bonds. The SMILES string of the molecule is CCC(N)Cc1cc(C)ccc1Oc1cccc(F)c1F. The van der Waals surface area contributed by atoms with E-state index in [9.17, 15) is 8.78 Å². The van der Waals surface area contributed by atoms with Crippen molar-refractivity contribution in [3.05, 3.63) is 59.2 Å². The third kappa shape index (κ3) is 3.79. The Morgan fingerprint density at radius 1 is 1.14 bits per heavy atom. The van der Waals surface area contributed by atoms with Crippen LogP contribution in [0.4, 0.5) is 8.78 Å². The molecule has 1 atom stereocenters. The van der Waals surface area contributed by atoms with Crippen molar-refractivity contribution in [2.75, 3.05) is 0 Å². The van der Waals surface area contributed by atoms with Gasteiger partial charge in [0.1, 0.15) is 5.75 Å². The number of rotatable bonds is 5. The number of aryl methyl sites for hydroxylation is 1. The lowest BCUT2D eigenvalue weighted by molar-refractivity contribution is 0.411. The van der Waals surface area contributed by atoms with Crippen molar-refractivity contribution < 1.29 is 13.5 Å². The van der Waals surface area contributed by atoms with Crippen LogP contribution in [0.25, 0.3) is 0 Å². The topological polar surface area (TPSA) is 35.2 Å². The zero-order valence-electron chi connectivity index (χ0n) is 12.2. The molecule has 2 aromatic carbocycles. The Bertz CT molecular complexity index is 628. The molecule has 0 radical (unpaired) electrons. The summed E-state index contributed by atoms with van der Waals surface area (Å²) < 4.78 is 32.5. The maximum Gasteiger partial charge on any atom is 0.201 e. The third-order valence-electron chi connectivity index (χ3n) is 3.36. The molecular formula is C17H19F2NO. The van der Waals surface area contributed by atoms with E-state index in [1.54, 1.807) is 6.07 Å². The van der Waals surface area contributed by atoms with Gasteiger partial charge in [0, 0.05) is 6.04 Å².